The van der Waals surface area contributed by atoms with Crippen molar-refractivity contribution in [2.75, 3.05) is 6.54 Å². The molecule has 2 amide bonds. The summed E-state index contributed by atoms with van der Waals surface area (Å²) in [6.07, 6.45) is 0.456. The topological polar surface area (TPSA) is 66.1 Å². The molecule has 146 valence electrons. The molecule has 0 radical (unpaired) electrons. The van der Waals surface area contributed by atoms with Crippen molar-refractivity contribution in [3.63, 3.8) is 0 Å². The molecule has 5 heteroatoms. The summed E-state index contributed by atoms with van der Waals surface area (Å²) in [5.74, 6) is 0.256. The average molecular weight is 393 g/mol. The van der Waals surface area contributed by atoms with Crippen molar-refractivity contribution in [3.05, 3.63) is 102 Å². The molecule has 1 aliphatic heterocycles. The maximum absolute atomic E-state index is 12.6. The minimum atomic E-state index is -0.242. The van der Waals surface area contributed by atoms with Gasteiger partial charge in [0, 0.05) is 24.1 Å². The minimum absolute atomic E-state index is 0.242. The Morgan fingerprint density at radius 2 is 1.23 bits per heavy atom. The van der Waals surface area contributed by atoms with Gasteiger partial charge in [0.15, 0.2) is 0 Å². The van der Waals surface area contributed by atoms with Gasteiger partial charge in [-0.05, 0) is 12.1 Å². The van der Waals surface area contributed by atoms with Crippen LogP contribution in [-0.2, 0) is 6.42 Å². The number of aromatic nitrogens is 2. The third kappa shape index (κ3) is 3.10. The molecular formula is C25H19N3O2. The first kappa shape index (κ1) is 18.1. The molecule has 5 rings (SSSR count). The molecule has 2 heterocycles. The highest BCUT2D eigenvalue weighted by Crippen LogP contribution is 2.30. The van der Waals surface area contributed by atoms with E-state index in [0.717, 1.165) is 28.3 Å². The monoisotopic (exact) mass is 393 g/mol. The number of benzene rings is 3. The molecular weight excluding hydrogens is 374 g/mol. The van der Waals surface area contributed by atoms with Gasteiger partial charge in [0.1, 0.15) is 5.82 Å². The lowest BCUT2D eigenvalue weighted by atomic mass is 10.1. The molecule has 1 N–H and O–H groups in total. The number of rotatable bonds is 5. The van der Waals surface area contributed by atoms with E-state index in [9.17, 15) is 9.59 Å². The summed E-state index contributed by atoms with van der Waals surface area (Å²) in [6, 6.07) is 27.0. The average Bonchev–Trinajstić information content (AvgIpc) is 3.34. The van der Waals surface area contributed by atoms with Gasteiger partial charge < -0.3 is 4.98 Å². The summed E-state index contributed by atoms with van der Waals surface area (Å²) in [5, 5.41) is 0. The van der Waals surface area contributed by atoms with Crippen LogP contribution in [0, 0.1) is 0 Å². The molecule has 0 unspecified atom stereocenters. The minimum Gasteiger partial charge on any atom is -0.341 e. The van der Waals surface area contributed by atoms with Crippen molar-refractivity contribution in [1.29, 1.82) is 0 Å². The normalized spacial score (nSPS) is 13.0. The van der Waals surface area contributed by atoms with Gasteiger partial charge in [0.05, 0.1) is 22.5 Å². The third-order valence-corrected chi connectivity index (χ3v) is 5.31. The highest BCUT2D eigenvalue weighted by molar-refractivity contribution is 6.21. The van der Waals surface area contributed by atoms with Crippen LogP contribution >= 0.6 is 0 Å². The Morgan fingerprint density at radius 3 is 1.83 bits per heavy atom. The smallest absolute Gasteiger partial charge is 0.261 e. The number of hydrogen-bond donors (Lipinski definition) is 1. The first-order valence-corrected chi connectivity index (χ1v) is 9.87. The van der Waals surface area contributed by atoms with Crippen LogP contribution < -0.4 is 0 Å². The summed E-state index contributed by atoms with van der Waals surface area (Å²) in [5.41, 5.74) is 4.78. The van der Waals surface area contributed by atoms with E-state index in [0.29, 0.717) is 17.5 Å². The summed E-state index contributed by atoms with van der Waals surface area (Å²) >= 11 is 0. The van der Waals surface area contributed by atoms with Gasteiger partial charge in [-0.1, -0.05) is 72.8 Å². The number of carbonyl (C=O) groups is 2. The number of nitrogens with one attached hydrogen (secondary N) is 1. The molecule has 5 nitrogen and oxygen atoms in total. The Kier molecular flexibility index (Phi) is 4.48. The summed E-state index contributed by atoms with van der Waals surface area (Å²) in [4.78, 5) is 34.8. The van der Waals surface area contributed by atoms with Crippen molar-refractivity contribution in [2.45, 2.75) is 6.42 Å². The van der Waals surface area contributed by atoms with Crippen molar-refractivity contribution in [3.8, 4) is 22.5 Å². The summed E-state index contributed by atoms with van der Waals surface area (Å²) < 4.78 is 0. The molecule has 4 aromatic rings. The second-order valence-electron chi connectivity index (χ2n) is 7.20. The summed E-state index contributed by atoms with van der Waals surface area (Å²) in [6.45, 7) is 0.280. The van der Waals surface area contributed by atoms with Gasteiger partial charge in [-0.2, -0.15) is 0 Å². The van der Waals surface area contributed by atoms with Crippen LogP contribution in [0.15, 0.2) is 84.9 Å². The molecule has 1 aromatic heterocycles. The summed E-state index contributed by atoms with van der Waals surface area (Å²) in [7, 11) is 0. The second-order valence-corrected chi connectivity index (χ2v) is 7.20. The molecule has 0 spiro atoms. The predicted octanol–water partition coefficient (Wildman–Crippen LogP) is 4.58. The number of imide groups is 1. The zero-order valence-electron chi connectivity index (χ0n) is 16.2. The van der Waals surface area contributed by atoms with Crippen LogP contribution in [0.25, 0.3) is 22.5 Å². The van der Waals surface area contributed by atoms with E-state index in [1.165, 1.54) is 4.90 Å². The van der Waals surface area contributed by atoms with Crippen molar-refractivity contribution >= 4 is 11.8 Å². The van der Waals surface area contributed by atoms with E-state index in [1.54, 1.807) is 24.3 Å². The van der Waals surface area contributed by atoms with E-state index in [4.69, 9.17) is 4.98 Å². The quantitative estimate of drug-likeness (QED) is 0.505. The van der Waals surface area contributed by atoms with E-state index in [-0.39, 0.29) is 18.4 Å². The van der Waals surface area contributed by atoms with E-state index < -0.39 is 0 Å². The number of aromatic amines is 1. The lowest BCUT2D eigenvalue weighted by Crippen LogP contribution is -2.31. The van der Waals surface area contributed by atoms with E-state index >= 15 is 0 Å². The molecule has 3 aromatic carbocycles. The number of H-pyrrole nitrogens is 1. The lowest BCUT2D eigenvalue weighted by molar-refractivity contribution is 0.0655. The van der Waals surface area contributed by atoms with Crippen molar-refractivity contribution < 1.29 is 9.59 Å². The van der Waals surface area contributed by atoms with Crippen LogP contribution in [0.2, 0.25) is 0 Å². The Morgan fingerprint density at radius 1 is 0.700 bits per heavy atom. The van der Waals surface area contributed by atoms with Gasteiger partial charge in [-0.3, -0.25) is 14.5 Å². The molecule has 30 heavy (non-hydrogen) atoms. The zero-order chi connectivity index (χ0) is 20.5. The molecule has 0 aliphatic carbocycles. The molecule has 1 aliphatic rings. The molecule has 0 saturated carbocycles. The Labute approximate surface area is 174 Å². The van der Waals surface area contributed by atoms with Gasteiger partial charge >= 0.3 is 0 Å². The first-order valence-electron chi connectivity index (χ1n) is 9.87. The number of fused-ring (bicyclic) bond motifs is 1. The van der Waals surface area contributed by atoms with Crippen LogP contribution in [0.5, 0.6) is 0 Å². The zero-order valence-corrected chi connectivity index (χ0v) is 16.2. The number of amides is 2. The first-order chi connectivity index (χ1) is 14.7. The van der Waals surface area contributed by atoms with Gasteiger partial charge in [0.2, 0.25) is 0 Å². The highest BCUT2D eigenvalue weighted by atomic mass is 16.2. The van der Waals surface area contributed by atoms with Gasteiger partial charge in [-0.25, -0.2) is 4.98 Å². The molecule has 0 atom stereocenters. The fourth-order valence-electron chi connectivity index (χ4n) is 3.82. The van der Waals surface area contributed by atoms with Crippen LogP contribution in [0.4, 0.5) is 0 Å². The molecule has 0 saturated heterocycles. The Balaban J connectivity index is 1.44. The fourth-order valence-corrected chi connectivity index (χ4v) is 3.82. The van der Waals surface area contributed by atoms with Gasteiger partial charge in [-0.15, -0.1) is 0 Å². The Bertz CT molecular complexity index is 1140. The van der Waals surface area contributed by atoms with E-state index in [2.05, 4.69) is 4.98 Å². The van der Waals surface area contributed by atoms with Crippen LogP contribution in [0.3, 0.4) is 0 Å². The second kappa shape index (κ2) is 7.44. The van der Waals surface area contributed by atoms with Crippen LogP contribution in [-0.4, -0.2) is 33.2 Å². The third-order valence-electron chi connectivity index (χ3n) is 5.31. The van der Waals surface area contributed by atoms with Gasteiger partial charge in [0.25, 0.3) is 11.8 Å². The number of imidazole rings is 1. The maximum atomic E-state index is 12.6. The standard InChI is InChI=1S/C25H19N3O2/c29-24-19-13-7-8-14-20(19)25(30)28(24)16-15-21-26-22(17-9-3-1-4-10-17)23(27-21)18-11-5-2-6-12-18/h1-14H,15-16H2,(H,26,27). The van der Waals surface area contributed by atoms with Crippen LogP contribution in [0.1, 0.15) is 26.5 Å². The van der Waals surface area contributed by atoms with Crippen molar-refractivity contribution in [1.82, 2.24) is 14.9 Å². The SMILES string of the molecule is O=C1c2ccccc2C(=O)N1CCc1nc(-c2ccccc2)c(-c2ccccc2)[nH]1. The van der Waals surface area contributed by atoms with Crippen molar-refractivity contribution in [2.24, 2.45) is 0 Å². The lowest BCUT2D eigenvalue weighted by Gasteiger charge is -2.12. The molecule has 0 bridgehead atoms. The fraction of sp³-hybridized carbons (Fsp3) is 0.0800. The highest BCUT2D eigenvalue weighted by Gasteiger charge is 2.34. The largest absolute Gasteiger partial charge is 0.341 e. The number of carbonyl (C=O) groups excluding carboxylic acids is 2. The number of nitrogens with zero attached hydrogens (tertiary/aromatic N) is 2. The Hall–Kier alpha value is -3.99. The maximum Gasteiger partial charge on any atom is 0.261 e. The molecule has 0 fully saturated rings. The number of hydrogen-bond acceptors (Lipinski definition) is 3. The van der Waals surface area contributed by atoms with E-state index in [1.807, 2.05) is 60.7 Å². The predicted molar refractivity (Wildman–Crippen MR) is 115 cm³/mol.